The first-order valence-electron chi connectivity index (χ1n) is 3.64. The molecular formula is C8H13NO. The summed E-state index contributed by atoms with van der Waals surface area (Å²) in [6.07, 6.45) is 9.92. The molecule has 0 aromatic rings. The van der Waals surface area contributed by atoms with E-state index in [2.05, 4.69) is 11.4 Å². The molecule has 56 valence electrons. The van der Waals surface area contributed by atoms with Crippen molar-refractivity contribution >= 4 is 0 Å². The van der Waals surface area contributed by atoms with Gasteiger partial charge >= 0.3 is 0 Å². The molecule has 1 rings (SSSR count). The van der Waals surface area contributed by atoms with Crippen LogP contribution in [0.4, 0.5) is 0 Å². The lowest BCUT2D eigenvalue weighted by Crippen LogP contribution is -2.23. The number of dihydropyridines is 1. The average molecular weight is 139 g/mol. The standard InChI is InChI=1S/C8H13NO/c10-7-3-5-8-4-1-2-6-9-8/h1-2,4,6,8-10H,3,5,7H2. The van der Waals surface area contributed by atoms with E-state index < -0.39 is 0 Å². The SMILES string of the molecule is OCCCC1C=CC=CN1. The van der Waals surface area contributed by atoms with Crippen molar-refractivity contribution in [2.45, 2.75) is 18.9 Å². The van der Waals surface area contributed by atoms with Crippen LogP contribution in [0.1, 0.15) is 12.8 Å². The van der Waals surface area contributed by atoms with Crippen LogP contribution in [-0.2, 0) is 0 Å². The number of aliphatic hydroxyl groups excluding tert-OH is 1. The molecule has 0 aromatic heterocycles. The Morgan fingerprint density at radius 3 is 2.90 bits per heavy atom. The molecule has 1 heterocycles. The van der Waals surface area contributed by atoms with Crippen LogP contribution in [0, 0.1) is 0 Å². The fourth-order valence-corrected chi connectivity index (χ4v) is 0.979. The minimum Gasteiger partial charge on any atom is -0.396 e. The number of hydrogen-bond donors (Lipinski definition) is 2. The molecule has 0 saturated carbocycles. The predicted octanol–water partition coefficient (Wildman–Crippen LogP) is 0.801. The number of aliphatic hydroxyl groups is 1. The van der Waals surface area contributed by atoms with Crippen molar-refractivity contribution in [2.75, 3.05) is 6.61 Å². The second-order valence-electron chi connectivity index (χ2n) is 2.38. The van der Waals surface area contributed by atoms with Gasteiger partial charge in [-0.25, -0.2) is 0 Å². The summed E-state index contributed by atoms with van der Waals surface area (Å²) in [5.41, 5.74) is 0. The fourth-order valence-electron chi connectivity index (χ4n) is 0.979. The van der Waals surface area contributed by atoms with Gasteiger partial charge in [0.2, 0.25) is 0 Å². The van der Waals surface area contributed by atoms with E-state index in [4.69, 9.17) is 5.11 Å². The Bertz CT molecular complexity index is 140. The van der Waals surface area contributed by atoms with Crippen LogP contribution < -0.4 is 5.32 Å². The van der Waals surface area contributed by atoms with E-state index in [-0.39, 0.29) is 6.61 Å². The van der Waals surface area contributed by atoms with Gasteiger partial charge in [0.1, 0.15) is 0 Å². The Morgan fingerprint density at radius 2 is 2.30 bits per heavy atom. The number of rotatable bonds is 3. The number of nitrogens with one attached hydrogen (secondary N) is 1. The Hall–Kier alpha value is -0.760. The number of allylic oxidation sites excluding steroid dienone is 2. The third-order valence-electron chi connectivity index (χ3n) is 1.53. The van der Waals surface area contributed by atoms with Crippen molar-refractivity contribution in [1.29, 1.82) is 0 Å². The Morgan fingerprint density at radius 1 is 1.40 bits per heavy atom. The fraction of sp³-hybridized carbons (Fsp3) is 0.500. The molecule has 0 amide bonds. The summed E-state index contributed by atoms with van der Waals surface area (Å²) in [4.78, 5) is 0. The smallest absolute Gasteiger partial charge is 0.0442 e. The molecule has 1 atom stereocenters. The van der Waals surface area contributed by atoms with Crippen LogP contribution in [0.25, 0.3) is 0 Å². The first-order valence-corrected chi connectivity index (χ1v) is 3.64. The summed E-state index contributed by atoms with van der Waals surface area (Å²) in [7, 11) is 0. The van der Waals surface area contributed by atoms with Crippen LogP contribution in [0.15, 0.2) is 24.4 Å². The second-order valence-corrected chi connectivity index (χ2v) is 2.38. The van der Waals surface area contributed by atoms with Crippen LogP contribution in [0.5, 0.6) is 0 Å². The lowest BCUT2D eigenvalue weighted by atomic mass is 10.1. The summed E-state index contributed by atoms with van der Waals surface area (Å²) >= 11 is 0. The minimum atomic E-state index is 0.287. The zero-order valence-electron chi connectivity index (χ0n) is 5.96. The van der Waals surface area contributed by atoms with Gasteiger partial charge in [0.25, 0.3) is 0 Å². The van der Waals surface area contributed by atoms with E-state index in [9.17, 15) is 0 Å². The van der Waals surface area contributed by atoms with Gasteiger partial charge in [0, 0.05) is 12.6 Å². The van der Waals surface area contributed by atoms with Gasteiger partial charge in [-0.15, -0.1) is 0 Å². The molecule has 2 nitrogen and oxygen atoms in total. The van der Waals surface area contributed by atoms with Crippen molar-refractivity contribution in [2.24, 2.45) is 0 Å². The van der Waals surface area contributed by atoms with Gasteiger partial charge in [-0.3, -0.25) is 0 Å². The maximum Gasteiger partial charge on any atom is 0.0442 e. The Balaban J connectivity index is 2.17. The summed E-state index contributed by atoms with van der Waals surface area (Å²) in [5.74, 6) is 0. The quantitative estimate of drug-likeness (QED) is 0.606. The molecule has 0 saturated heterocycles. The molecule has 0 fully saturated rings. The van der Waals surface area contributed by atoms with Crippen molar-refractivity contribution in [3.8, 4) is 0 Å². The molecule has 10 heavy (non-hydrogen) atoms. The van der Waals surface area contributed by atoms with Crippen LogP contribution in [0.3, 0.4) is 0 Å². The summed E-state index contributed by atoms with van der Waals surface area (Å²) in [5, 5.41) is 11.7. The van der Waals surface area contributed by atoms with Crippen molar-refractivity contribution in [3.63, 3.8) is 0 Å². The predicted molar refractivity (Wildman–Crippen MR) is 41.5 cm³/mol. The molecule has 0 bridgehead atoms. The van der Waals surface area contributed by atoms with Gasteiger partial charge < -0.3 is 10.4 Å². The zero-order chi connectivity index (χ0) is 7.23. The summed E-state index contributed by atoms with van der Waals surface area (Å²) < 4.78 is 0. The van der Waals surface area contributed by atoms with E-state index in [1.807, 2.05) is 18.4 Å². The van der Waals surface area contributed by atoms with E-state index in [1.165, 1.54) is 0 Å². The first-order chi connectivity index (χ1) is 4.93. The Labute approximate surface area is 61.3 Å². The van der Waals surface area contributed by atoms with Crippen molar-refractivity contribution in [1.82, 2.24) is 5.32 Å². The molecule has 0 aliphatic carbocycles. The summed E-state index contributed by atoms with van der Waals surface area (Å²) in [6, 6.07) is 0.428. The maximum absolute atomic E-state index is 8.53. The largest absolute Gasteiger partial charge is 0.396 e. The zero-order valence-corrected chi connectivity index (χ0v) is 5.96. The van der Waals surface area contributed by atoms with Gasteiger partial charge in [-0.2, -0.15) is 0 Å². The number of hydrogen-bond acceptors (Lipinski definition) is 2. The molecule has 1 unspecified atom stereocenters. The third kappa shape index (κ3) is 2.23. The molecule has 2 heteroatoms. The Kier molecular flexibility index (Phi) is 3.03. The van der Waals surface area contributed by atoms with Gasteiger partial charge in [-0.05, 0) is 25.1 Å². The molecule has 1 aliphatic rings. The van der Waals surface area contributed by atoms with E-state index >= 15 is 0 Å². The highest BCUT2D eigenvalue weighted by Crippen LogP contribution is 2.01. The normalized spacial score (nSPS) is 22.7. The molecule has 0 aromatic carbocycles. The van der Waals surface area contributed by atoms with E-state index in [0.717, 1.165) is 12.8 Å². The average Bonchev–Trinajstić information content (AvgIpc) is 2.03. The molecular weight excluding hydrogens is 126 g/mol. The summed E-state index contributed by atoms with van der Waals surface area (Å²) in [6.45, 7) is 0.287. The van der Waals surface area contributed by atoms with E-state index in [1.54, 1.807) is 0 Å². The van der Waals surface area contributed by atoms with Crippen LogP contribution >= 0.6 is 0 Å². The minimum absolute atomic E-state index is 0.287. The molecule has 2 N–H and O–H groups in total. The lowest BCUT2D eigenvalue weighted by Gasteiger charge is -2.14. The topological polar surface area (TPSA) is 32.3 Å². The van der Waals surface area contributed by atoms with Crippen LogP contribution in [-0.4, -0.2) is 17.8 Å². The van der Waals surface area contributed by atoms with E-state index in [0.29, 0.717) is 6.04 Å². The highest BCUT2D eigenvalue weighted by Gasteiger charge is 2.01. The van der Waals surface area contributed by atoms with Crippen LogP contribution in [0.2, 0.25) is 0 Å². The van der Waals surface area contributed by atoms with Crippen molar-refractivity contribution in [3.05, 3.63) is 24.4 Å². The maximum atomic E-state index is 8.53. The monoisotopic (exact) mass is 139 g/mol. The first kappa shape index (κ1) is 7.35. The highest BCUT2D eigenvalue weighted by atomic mass is 16.2. The highest BCUT2D eigenvalue weighted by molar-refractivity contribution is 5.11. The van der Waals surface area contributed by atoms with Gasteiger partial charge in [0.05, 0.1) is 0 Å². The lowest BCUT2D eigenvalue weighted by molar-refractivity contribution is 0.280. The van der Waals surface area contributed by atoms with Gasteiger partial charge in [0.15, 0.2) is 0 Å². The molecule has 0 radical (unpaired) electrons. The second kappa shape index (κ2) is 4.12. The molecule has 1 aliphatic heterocycles. The van der Waals surface area contributed by atoms with Crippen molar-refractivity contribution < 1.29 is 5.11 Å². The third-order valence-corrected chi connectivity index (χ3v) is 1.53. The van der Waals surface area contributed by atoms with Gasteiger partial charge in [-0.1, -0.05) is 12.2 Å². The molecule has 0 spiro atoms.